The van der Waals surface area contributed by atoms with Crippen LogP contribution in [0.4, 0.5) is 5.69 Å². The maximum absolute atomic E-state index is 13.3. The SMILES string of the molecule is O=C(Cn1c(=O)cnc2ccccc21)NN1C(=O)/C(=C\c2ccc([N+](=O)[O-])cc2)N=C1c1ccccc1. The number of carbonyl (C=O) groups is 2. The molecule has 0 aliphatic carbocycles. The molecule has 4 aromatic rings. The van der Waals surface area contributed by atoms with E-state index in [0.717, 1.165) is 11.2 Å². The second kappa shape index (κ2) is 9.66. The zero-order chi connectivity index (χ0) is 25.9. The lowest BCUT2D eigenvalue weighted by Crippen LogP contribution is -2.49. The first-order valence-corrected chi connectivity index (χ1v) is 11.1. The standard InChI is InChI=1S/C26H18N6O5/c33-23(16-30-22-9-5-4-8-20(22)27-15-24(30)34)29-31-25(18-6-2-1-3-7-18)28-21(26(31)35)14-17-10-12-19(13-11-17)32(36)37/h1-15H,16H2,(H,29,33)/b21-14+. The number of carbonyl (C=O) groups excluding carboxylic acids is 2. The first kappa shape index (κ1) is 23.3. The fourth-order valence-electron chi connectivity index (χ4n) is 3.83. The van der Waals surface area contributed by atoms with Crippen LogP contribution in [0.2, 0.25) is 0 Å². The molecule has 182 valence electrons. The normalized spacial score (nSPS) is 14.2. The first-order valence-electron chi connectivity index (χ1n) is 11.1. The Labute approximate surface area is 209 Å². The summed E-state index contributed by atoms with van der Waals surface area (Å²) >= 11 is 0. The number of nitro benzene ring substituents is 1. The molecule has 0 atom stereocenters. The highest BCUT2D eigenvalue weighted by Crippen LogP contribution is 2.22. The predicted molar refractivity (Wildman–Crippen MR) is 135 cm³/mol. The van der Waals surface area contributed by atoms with Crippen molar-refractivity contribution < 1.29 is 14.5 Å². The number of fused-ring (bicyclic) bond motifs is 1. The molecule has 5 rings (SSSR count). The molecule has 37 heavy (non-hydrogen) atoms. The molecule has 1 aliphatic heterocycles. The number of aliphatic imine (C=N–C) groups is 1. The zero-order valence-electron chi connectivity index (χ0n) is 19.1. The number of nitrogens with zero attached hydrogens (tertiary/aromatic N) is 5. The highest BCUT2D eigenvalue weighted by Gasteiger charge is 2.33. The molecule has 0 bridgehead atoms. The fourth-order valence-corrected chi connectivity index (χ4v) is 3.83. The van der Waals surface area contributed by atoms with Crippen LogP contribution in [0.1, 0.15) is 11.1 Å². The number of hydrogen-bond donors (Lipinski definition) is 1. The van der Waals surface area contributed by atoms with Crippen LogP contribution < -0.4 is 11.0 Å². The largest absolute Gasteiger partial charge is 0.297 e. The number of nitrogens with one attached hydrogen (secondary N) is 1. The molecule has 1 N–H and O–H groups in total. The van der Waals surface area contributed by atoms with Crippen LogP contribution in [-0.2, 0) is 16.1 Å². The van der Waals surface area contributed by atoms with Crippen LogP contribution >= 0.6 is 0 Å². The van der Waals surface area contributed by atoms with Crippen molar-refractivity contribution in [2.45, 2.75) is 6.54 Å². The van der Waals surface area contributed by atoms with Gasteiger partial charge in [0.2, 0.25) is 0 Å². The van der Waals surface area contributed by atoms with E-state index in [1.807, 2.05) is 0 Å². The molecule has 11 nitrogen and oxygen atoms in total. The number of para-hydroxylation sites is 2. The Morgan fingerprint density at radius 1 is 0.973 bits per heavy atom. The Morgan fingerprint density at radius 2 is 1.68 bits per heavy atom. The second-order valence-corrected chi connectivity index (χ2v) is 8.03. The summed E-state index contributed by atoms with van der Waals surface area (Å²) in [6.45, 7) is -0.352. The molecule has 0 unspecified atom stereocenters. The number of hydrazine groups is 1. The Bertz CT molecular complexity index is 1660. The van der Waals surface area contributed by atoms with E-state index in [0.29, 0.717) is 22.2 Å². The minimum Gasteiger partial charge on any atom is -0.296 e. The third-order valence-electron chi connectivity index (χ3n) is 5.59. The summed E-state index contributed by atoms with van der Waals surface area (Å²) in [5, 5.41) is 12.0. The van der Waals surface area contributed by atoms with E-state index in [9.17, 15) is 24.5 Å². The summed E-state index contributed by atoms with van der Waals surface area (Å²) in [5.74, 6) is -1.02. The number of amides is 2. The molecule has 0 radical (unpaired) electrons. The maximum Gasteiger partial charge on any atom is 0.297 e. The summed E-state index contributed by atoms with van der Waals surface area (Å²) in [5.41, 5.74) is 4.17. The van der Waals surface area contributed by atoms with Gasteiger partial charge in [0.15, 0.2) is 5.84 Å². The Kier molecular flexibility index (Phi) is 6.08. The number of benzene rings is 3. The van der Waals surface area contributed by atoms with Crippen LogP contribution in [0, 0.1) is 10.1 Å². The monoisotopic (exact) mass is 494 g/mol. The molecule has 0 saturated heterocycles. The molecule has 3 aromatic carbocycles. The van der Waals surface area contributed by atoms with Crippen molar-refractivity contribution >= 4 is 40.4 Å². The van der Waals surface area contributed by atoms with Crippen molar-refractivity contribution in [3.63, 3.8) is 0 Å². The average molecular weight is 494 g/mol. The Morgan fingerprint density at radius 3 is 2.41 bits per heavy atom. The van der Waals surface area contributed by atoms with Gasteiger partial charge in [-0.15, -0.1) is 0 Å². The quantitative estimate of drug-likeness (QED) is 0.248. The van der Waals surface area contributed by atoms with Crippen molar-refractivity contribution in [3.05, 3.63) is 122 Å². The molecule has 2 heterocycles. The number of rotatable bonds is 6. The van der Waals surface area contributed by atoms with Crippen LogP contribution in [0.25, 0.3) is 17.1 Å². The van der Waals surface area contributed by atoms with Crippen molar-refractivity contribution in [1.82, 2.24) is 20.0 Å². The van der Waals surface area contributed by atoms with E-state index >= 15 is 0 Å². The summed E-state index contributed by atoms with van der Waals surface area (Å²) < 4.78 is 1.27. The van der Waals surface area contributed by atoms with Crippen molar-refractivity contribution in [2.75, 3.05) is 0 Å². The molecule has 0 saturated carbocycles. The van der Waals surface area contributed by atoms with Gasteiger partial charge in [0.05, 0.1) is 22.2 Å². The number of hydrogen-bond acceptors (Lipinski definition) is 7. The Hall–Kier alpha value is -5.45. The van der Waals surface area contributed by atoms with Gasteiger partial charge in [-0.25, -0.2) is 9.98 Å². The highest BCUT2D eigenvalue weighted by molar-refractivity contribution is 6.20. The van der Waals surface area contributed by atoms with Crippen molar-refractivity contribution in [3.8, 4) is 0 Å². The van der Waals surface area contributed by atoms with Gasteiger partial charge >= 0.3 is 0 Å². The molecular formula is C26H18N6O5. The number of amidine groups is 1. The molecule has 0 fully saturated rings. The lowest BCUT2D eigenvalue weighted by molar-refractivity contribution is -0.384. The number of non-ortho nitro benzene ring substituents is 1. The third kappa shape index (κ3) is 4.73. The summed E-state index contributed by atoms with van der Waals surface area (Å²) in [6.07, 6.45) is 2.61. The zero-order valence-corrected chi connectivity index (χ0v) is 19.1. The highest BCUT2D eigenvalue weighted by atomic mass is 16.6. The molecule has 11 heteroatoms. The minimum atomic E-state index is -0.618. The van der Waals surface area contributed by atoms with Gasteiger partial charge < -0.3 is 0 Å². The van der Waals surface area contributed by atoms with Gasteiger partial charge in [-0.2, -0.15) is 5.01 Å². The lowest BCUT2D eigenvalue weighted by Gasteiger charge is -2.20. The molecule has 2 amide bonds. The van der Waals surface area contributed by atoms with Gasteiger partial charge in [-0.05, 0) is 35.9 Å². The molecule has 1 aliphatic rings. The summed E-state index contributed by atoms with van der Waals surface area (Å²) in [6, 6.07) is 21.4. The van der Waals surface area contributed by atoms with E-state index in [-0.39, 0.29) is 23.8 Å². The summed E-state index contributed by atoms with van der Waals surface area (Å²) in [4.78, 5) is 57.7. The van der Waals surface area contributed by atoms with E-state index in [1.165, 1.54) is 34.9 Å². The van der Waals surface area contributed by atoms with Crippen LogP contribution in [0.15, 0.2) is 101 Å². The predicted octanol–water partition coefficient (Wildman–Crippen LogP) is 2.67. The van der Waals surface area contributed by atoms with E-state index in [1.54, 1.807) is 54.6 Å². The van der Waals surface area contributed by atoms with E-state index in [2.05, 4.69) is 15.4 Å². The van der Waals surface area contributed by atoms with Crippen molar-refractivity contribution in [1.29, 1.82) is 0 Å². The molecular weight excluding hydrogens is 476 g/mol. The van der Waals surface area contributed by atoms with Crippen molar-refractivity contribution in [2.24, 2.45) is 4.99 Å². The number of nitro groups is 1. The maximum atomic E-state index is 13.3. The topological polar surface area (TPSA) is 140 Å². The van der Waals surface area contributed by atoms with Gasteiger partial charge in [-0.3, -0.25) is 34.5 Å². The van der Waals surface area contributed by atoms with Gasteiger partial charge in [0.1, 0.15) is 12.2 Å². The average Bonchev–Trinajstić information content (AvgIpc) is 3.21. The fraction of sp³-hybridized carbons (Fsp3) is 0.0385. The third-order valence-corrected chi connectivity index (χ3v) is 5.59. The van der Waals surface area contributed by atoms with E-state index in [4.69, 9.17) is 0 Å². The summed E-state index contributed by atoms with van der Waals surface area (Å²) in [7, 11) is 0. The van der Waals surface area contributed by atoms with Crippen LogP contribution in [-0.4, -0.2) is 37.1 Å². The van der Waals surface area contributed by atoms with Crippen LogP contribution in [0.3, 0.4) is 0 Å². The van der Waals surface area contributed by atoms with Gasteiger partial charge in [0.25, 0.3) is 23.1 Å². The molecule has 1 aromatic heterocycles. The Balaban J connectivity index is 1.45. The van der Waals surface area contributed by atoms with Gasteiger partial charge in [-0.1, -0.05) is 42.5 Å². The number of aromatic nitrogens is 2. The lowest BCUT2D eigenvalue weighted by atomic mass is 10.2. The van der Waals surface area contributed by atoms with E-state index < -0.39 is 22.3 Å². The minimum absolute atomic E-state index is 0.0273. The molecule has 0 spiro atoms. The van der Waals surface area contributed by atoms with Gasteiger partial charge in [0, 0.05) is 17.7 Å². The first-order chi connectivity index (χ1) is 17.9. The second-order valence-electron chi connectivity index (χ2n) is 8.03. The van der Waals surface area contributed by atoms with Crippen LogP contribution in [0.5, 0.6) is 0 Å². The smallest absolute Gasteiger partial charge is 0.296 e.